The van der Waals surface area contributed by atoms with E-state index in [1.54, 1.807) is 0 Å². The van der Waals surface area contributed by atoms with Gasteiger partial charge in [0.2, 0.25) is 0 Å². The molecule has 2 aliphatic rings. The number of benzene rings is 2. The summed E-state index contributed by atoms with van der Waals surface area (Å²) in [6.07, 6.45) is 5.33. The highest BCUT2D eigenvalue weighted by Crippen LogP contribution is 2.58. The van der Waals surface area contributed by atoms with Gasteiger partial charge in [-0.05, 0) is 48.8 Å². The van der Waals surface area contributed by atoms with Crippen LogP contribution in [0, 0.1) is 11.3 Å². The maximum absolute atomic E-state index is 13.0. The molecule has 2 fully saturated rings. The number of nitrogens with one attached hydrogen (secondary N) is 1. The Balaban J connectivity index is 0.00000112. The Morgan fingerprint density at radius 3 is 2.39 bits per heavy atom. The number of carbonyl (C=O) groups is 2. The molecule has 1 spiro atoms. The van der Waals surface area contributed by atoms with Crippen LogP contribution in [0.2, 0.25) is 0 Å². The highest BCUT2D eigenvalue weighted by molar-refractivity contribution is 6.06. The molecule has 5 nitrogen and oxygen atoms in total. The standard InChI is InChI=1S/C24H24N2O3.C2H6/c27-22(25-19-13-24(14-19)11-18(12-24)23(28)29)20-8-4-7-17-9-10-26(21(17)20)15-16-5-2-1-3-6-16;1-2/h1-10,18-19H,11-15H2,(H,25,27)(H,28,29);1-2H3. The molecular formula is C26H30N2O3. The van der Waals surface area contributed by atoms with Crippen LogP contribution in [0.1, 0.15) is 55.5 Å². The van der Waals surface area contributed by atoms with Gasteiger partial charge in [0.25, 0.3) is 5.91 Å². The summed E-state index contributed by atoms with van der Waals surface area (Å²) in [5, 5.41) is 13.3. The van der Waals surface area contributed by atoms with Crippen LogP contribution in [0.5, 0.6) is 0 Å². The molecule has 0 aliphatic heterocycles. The van der Waals surface area contributed by atoms with Gasteiger partial charge in [-0.3, -0.25) is 9.59 Å². The van der Waals surface area contributed by atoms with E-state index >= 15 is 0 Å². The first-order chi connectivity index (χ1) is 15.0. The lowest BCUT2D eigenvalue weighted by molar-refractivity contribution is -0.155. The molecule has 1 amide bonds. The third-order valence-corrected chi connectivity index (χ3v) is 6.63. The van der Waals surface area contributed by atoms with E-state index in [-0.39, 0.29) is 23.3 Å². The van der Waals surface area contributed by atoms with Crippen LogP contribution in [0.4, 0.5) is 0 Å². The molecule has 162 valence electrons. The van der Waals surface area contributed by atoms with E-state index < -0.39 is 5.97 Å². The van der Waals surface area contributed by atoms with Crippen LogP contribution in [-0.2, 0) is 11.3 Å². The van der Waals surface area contributed by atoms with Crippen molar-refractivity contribution < 1.29 is 14.7 Å². The Kier molecular flexibility index (Phi) is 5.86. The molecule has 2 N–H and O–H groups in total. The zero-order valence-electron chi connectivity index (χ0n) is 18.2. The summed E-state index contributed by atoms with van der Waals surface area (Å²) in [6, 6.07) is 18.3. The molecule has 0 radical (unpaired) electrons. The average Bonchev–Trinajstić information content (AvgIpc) is 3.13. The minimum atomic E-state index is -0.686. The third-order valence-electron chi connectivity index (χ3n) is 6.63. The van der Waals surface area contributed by atoms with Gasteiger partial charge in [-0.15, -0.1) is 0 Å². The van der Waals surface area contributed by atoms with Crippen molar-refractivity contribution in [3.63, 3.8) is 0 Å². The lowest BCUT2D eigenvalue weighted by Gasteiger charge is -2.56. The van der Waals surface area contributed by atoms with Crippen molar-refractivity contribution in [3.05, 3.63) is 71.9 Å². The Labute approximate surface area is 183 Å². The van der Waals surface area contributed by atoms with Crippen LogP contribution in [0.3, 0.4) is 0 Å². The third kappa shape index (κ3) is 4.09. The van der Waals surface area contributed by atoms with Crippen molar-refractivity contribution >= 4 is 22.8 Å². The lowest BCUT2D eigenvalue weighted by atomic mass is 9.50. The van der Waals surface area contributed by atoms with E-state index in [2.05, 4.69) is 22.0 Å². The summed E-state index contributed by atoms with van der Waals surface area (Å²) in [6.45, 7) is 4.72. The maximum Gasteiger partial charge on any atom is 0.306 e. The number of carboxylic acids is 1. The molecule has 2 aromatic carbocycles. The fourth-order valence-corrected chi connectivity index (χ4v) is 5.20. The minimum absolute atomic E-state index is 0.0439. The Bertz CT molecular complexity index is 1070. The van der Waals surface area contributed by atoms with E-state index in [0.29, 0.717) is 5.56 Å². The largest absolute Gasteiger partial charge is 0.481 e. The number of carboxylic acid groups (broad SMARTS) is 1. The molecule has 31 heavy (non-hydrogen) atoms. The fourth-order valence-electron chi connectivity index (χ4n) is 5.20. The molecular weight excluding hydrogens is 388 g/mol. The molecule has 2 saturated carbocycles. The Morgan fingerprint density at radius 1 is 1.00 bits per heavy atom. The van der Waals surface area contributed by atoms with E-state index in [1.807, 2.05) is 62.5 Å². The van der Waals surface area contributed by atoms with Gasteiger partial charge >= 0.3 is 5.97 Å². The molecule has 0 bridgehead atoms. The molecule has 5 rings (SSSR count). The number of fused-ring (bicyclic) bond motifs is 1. The number of amides is 1. The van der Waals surface area contributed by atoms with Crippen molar-refractivity contribution in [3.8, 4) is 0 Å². The first-order valence-corrected chi connectivity index (χ1v) is 11.2. The number of rotatable bonds is 5. The van der Waals surface area contributed by atoms with E-state index in [0.717, 1.165) is 43.1 Å². The number of aromatic nitrogens is 1. The van der Waals surface area contributed by atoms with Crippen LogP contribution < -0.4 is 5.32 Å². The number of para-hydroxylation sites is 1. The first-order valence-electron chi connectivity index (χ1n) is 11.2. The predicted octanol–water partition coefficient (Wildman–Crippen LogP) is 5.09. The van der Waals surface area contributed by atoms with Crippen molar-refractivity contribution in [1.29, 1.82) is 0 Å². The fraction of sp³-hybridized carbons (Fsp3) is 0.385. The molecule has 5 heteroatoms. The van der Waals surface area contributed by atoms with Gasteiger partial charge in [-0.25, -0.2) is 0 Å². The van der Waals surface area contributed by atoms with Gasteiger partial charge in [-0.1, -0.05) is 56.3 Å². The topological polar surface area (TPSA) is 71.3 Å². The lowest BCUT2D eigenvalue weighted by Crippen LogP contribution is -2.57. The summed E-state index contributed by atoms with van der Waals surface area (Å²) >= 11 is 0. The van der Waals surface area contributed by atoms with Crippen LogP contribution in [-0.4, -0.2) is 27.6 Å². The van der Waals surface area contributed by atoms with Crippen LogP contribution in [0.25, 0.3) is 10.9 Å². The number of hydrogen-bond acceptors (Lipinski definition) is 2. The van der Waals surface area contributed by atoms with E-state index in [1.165, 1.54) is 5.56 Å². The van der Waals surface area contributed by atoms with E-state index in [9.17, 15) is 9.59 Å². The highest BCUT2D eigenvalue weighted by Gasteiger charge is 2.55. The average molecular weight is 419 g/mol. The van der Waals surface area contributed by atoms with Crippen LogP contribution >= 0.6 is 0 Å². The number of hydrogen-bond donors (Lipinski definition) is 2. The van der Waals surface area contributed by atoms with Crippen molar-refractivity contribution in [2.75, 3.05) is 0 Å². The van der Waals surface area contributed by atoms with Gasteiger partial charge in [0.15, 0.2) is 0 Å². The van der Waals surface area contributed by atoms with Gasteiger partial charge < -0.3 is 15.0 Å². The second-order valence-electron chi connectivity index (χ2n) is 8.69. The normalized spacial score (nSPS) is 23.9. The van der Waals surface area contributed by atoms with Crippen LogP contribution in [0.15, 0.2) is 60.8 Å². The molecule has 0 atom stereocenters. The molecule has 3 aromatic rings. The zero-order chi connectivity index (χ0) is 22.0. The smallest absolute Gasteiger partial charge is 0.306 e. The van der Waals surface area contributed by atoms with Crippen molar-refractivity contribution in [2.24, 2.45) is 11.3 Å². The summed E-state index contributed by atoms with van der Waals surface area (Å²) in [5.41, 5.74) is 3.00. The Morgan fingerprint density at radius 2 is 1.71 bits per heavy atom. The van der Waals surface area contributed by atoms with Gasteiger partial charge in [-0.2, -0.15) is 0 Å². The molecule has 0 saturated heterocycles. The minimum Gasteiger partial charge on any atom is -0.481 e. The molecule has 1 heterocycles. The summed E-state index contributed by atoms with van der Waals surface area (Å²) in [7, 11) is 0. The first kappa shape index (κ1) is 21.2. The molecule has 1 aromatic heterocycles. The number of nitrogens with zero attached hydrogens (tertiary/aromatic N) is 1. The SMILES string of the molecule is CC.O=C(NC1CC2(C1)CC(C(=O)O)C2)c1cccc2ccn(Cc3ccccc3)c12. The highest BCUT2D eigenvalue weighted by atomic mass is 16.4. The van der Waals surface area contributed by atoms with Crippen molar-refractivity contribution in [2.45, 2.75) is 52.1 Å². The summed E-state index contributed by atoms with van der Waals surface area (Å²) in [4.78, 5) is 24.1. The quantitative estimate of drug-likeness (QED) is 0.606. The second kappa shape index (κ2) is 8.58. The maximum atomic E-state index is 13.0. The number of carbonyl (C=O) groups excluding carboxylic acids is 1. The molecule has 2 aliphatic carbocycles. The second-order valence-corrected chi connectivity index (χ2v) is 8.69. The summed E-state index contributed by atoms with van der Waals surface area (Å²) < 4.78 is 2.13. The Hall–Kier alpha value is -3.08. The zero-order valence-corrected chi connectivity index (χ0v) is 18.2. The van der Waals surface area contributed by atoms with Crippen molar-refractivity contribution in [1.82, 2.24) is 9.88 Å². The van der Waals surface area contributed by atoms with Gasteiger partial charge in [0.1, 0.15) is 0 Å². The molecule has 0 unspecified atom stereocenters. The number of aliphatic carboxylic acids is 1. The predicted molar refractivity (Wildman–Crippen MR) is 122 cm³/mol. The summed E-state index contributed by atoms with van der Waals surface area (Å²) in [5.74, 6) is -0.923. The van der Waals surface area contributed by atoms with Gasteiger partial charge in [0, 0.05) is 24.2 Å². The van der Waals surface area contributed by atoms with E-state index in [4.69, 9.17) is 5.11 Å². The van der Waals surface area contributed by atoms with Gasteiger partial charge in [0.05, 0.1) is 17.0 Å². The monoisotopic (exact) mass is 418 g/mol.